The monoisotopic (exact) mass is 364 g/mol. The molecular weight excluding hydrogens is 348 g/mol. The van der Waals surface area contributed by atoms with Crippen molar-refractivity contribution in [3.63, 3.8) is 0 Å². The van der Waals surface area contributed by atoms with Gasteiger partial charge in [0.15, 0.2) is 6.61 Å². The number of nitro benzene ring substituents is 1. The quantitative estimate of drug-likeness (QED) is 0.556. The number of hydrogen-bond acceptors (Lipinski definition) is 5. The number of hydrogen-bond donors (Lipinski definition) is 0. The number of ether oxygens (including phenoxy) is 2. The van der Waals surface area contributed by atoms with E-state index in [1.165, 1.54) is 23.1 Å². The van der Waals surface area contributed by atoms with Crippen molar-refractivity contribution in [3.8, 4) is 11.5 Å². The number of benzene rings is 2. The van der Waals surface area contributed by atoms with Gasteiger partial charge in [0.2, 0.25) is 0 Å². The Bertz CT molecular complexity index is 781. The molecular formula is C17H17ClN2O5. The summed E-state index contributed by atoms with van der Waals surface area (Å²) in [6.45, 7) is 0.172. The lowest BCUT2D eigenvalue weighted by molar-refractivity contribution is -0.384. The zero-order valence-electron chi connectivity index (χ0n) is 13.8. The number of halogens is 1. The predicted molar refractivity (Wildman–Crippen MR) is 93.1 cm³/mol. The van der Waals surface area contributed by atoms with Gasteiger partial charge in [-0.3, -0.25) is 14.9 Å². The summed E-state index contributed by atoms with van der Waals surface area (Å²) in [7, 11) is 3.23. The van der Waals surface area contributed by atoms with E-state index in [9.17, 15) is 14.9 Å². The lowest BCUT2D eigenvalue weighted by atomic mass is 10.2. The van der Waals surface area contributed by atoms with Crippen LogP contribution in [0.15, 0.2) is 42.5 Å². The van der Waals surface area contributed by atoms with Gasteiger partial charge in [-0.25, -0.2) is 0 Å². The molecule has 132 valence electrons. The van der Waals surface area contributed by atoms with Crippen LogP contribution >= 0.6 is 11.6 Å². The molecule has 0 atom stereocenters. The molecule has 0 N–H and O–H groups in total. The molecule has 0 fully saturated rings. The molecule has 0 aromatic heterocycles. The first-order valence-electron chi connectivity index (χ1n) is 7.34. The number of nitro groups is 1. The molecule has 0 aliphatic carbocycles. The van der Waals surface area contributed by atoms with E-state index in [4.69, 9.17) is 21.1 Å². The van der Waals surface area contributed by atoms with Gasteiger partial charge >= 0.3 is 0 Å². The topological polar surface area (TPSA) is 81.9 Å². The highest BCUT2D eigenvalue weighted by molar-refractivity contribution is 6.32. The average Bonchev–Trinajstić information content (AvgIpc) is 2.60. The molecule has 0 aliphatic rings. The molecule has 0 heterocycles. The van der Waals surface area contributed by atoms with Crippen molar-refractivity contribution in [2.45, 2.75) is 6.54 Å². The third-order valence-corrected chi connectivity index (χ3v) is 3.75. The molecule has 7 nitrogen and oxygen atoms in total. The molecule has 0 saturated heterocycles. The third-order valence-electron chi connectivity index (χ3n) is 3.46. The Balaban J connectivity index is 1.94. The van der Waals surface area contributed by atoms with Gasteiger partial charge in [0.1, 0.15) is 11.5 Å². The number of rotatable bonds is 7. The van der Waals surface area contributed by atoms with E-state index in [0.717, 1.165) is 5.56 Å². The predicted octanol–water partition coefficient (Wildman–Crippen LogP) is 3.29. The molecule has 0 spiro atoms. The number of carbonyl (C=O) groups excluding carboxylic acids is 1. The largest absolute Gasteiger partial charge is 0.497 e. The lowest BCUT2D eigenvalue weighted by Crippen LogP contribution is -2.31. The SMILES string of the molecule is COc1cccc(CN(C)C(=O)COc2ccc([N+](=O)[O-])cc2Cl)c1. The molecule has 0 unspecified atom stereocenters. The Morgan fingerprint density at radius 2 is 2.04 bits per heavy atom. The van der Waals surface area contributed by atoms with Crippen molar-refractivity contribution < 1.29 is 19.2 Å². The second-order valence-corrected chi connectivity index (χ2v) is 5.67. The van der Waals surface area contributed by atoms with Gasteiger partial charge in [0.05, 0.1) is 17.1 Å². The first kappa shape index (κ1) is 18.5. The van der Waals surface area contributed by atoms with Gasteiger partial charge in [0.25, 0.3) is 11.6 Å². The van der Waals surface area contributed by atoms with Crippen LogP contribution in [0.5, 0.6) is 11.5 Å². The Hall–Kier alpha value is -2.80. The van der Waals surface area contributed by atoms with Crippen LogP contribution < -0.4 is 9.47 Å². The Morgan fingerprint density at radius 3 is 2.68 bits per heavy atom. The maximum absolute atomic E-state index is 12.2. The molecule has 2 aromatic carbocycles. The minimum absolute atomic E-state index is 0.0810. The third kappa shape index (κ3) is 5.09. The molecule has 0 bridgehead atoms. The van der Waals surface area contributed by atoms with Gasteiger partial charge in [-0.1, -0.05) is 23.7 Å². The van der Waals surface area contributed by atoms with E-state index in [2.05, 4.69) is 0 Å². The molecule has 1 amide bonds. The summed E-state index contributed by atoms with van der Waals surface area (Å²) in [5, 5.41) is 10.8. The average molecular weight is 365 g/mol. The second-order valence-electron chi connectivity index (χ2n) is 5.26. The highest BCUT2D eigenvalue weighted by Crippen LogP contribution is 2.28. The van der Waals surface area contributed by atoms with E-state index in [-0.39, 0.29) is 29.0 Å². The van der Waals surface area contributed by atoms with Crippen molar-refractivity contribution in [1.82, 2.24) is 4.90 Å². The minimum Gasteiger partial charge on any atom is -0.497 e. The van der Waals surface area contributed by atoms with Crippen molar-refractivity contribution >= 4 is 23.2 Å². The number of amides is 1. The highest BCUT2D eigenvalue weighted by Gasteiger charge is 2.14. The summed E-state index contributed by atoms with van der Waals surface area (Å²) in [4.78, 5) is 23.8. The molecule has 2 rings (SSSR count). The van der Waals surface area contributed by atoms with Crippen LogP contribution in [0.25, 0.3) is 0 Å². The first-order valence-corrected chi connectivity index (χ1v) is 7.72. The van der Waals surface area contributed by atoms with Gasteiger partial charge in [-0.05, 0) is 23.8 Å². The van der Waals surface area contributed by atoms with Crippen LogP contribution in [0.3, 0.4) is 0 Å². The van der Waals surface area contributed by atoms with Crippen LogP contribution in [0.2, 0.25) is 5.02 Å². The van der Waals surface area contributed by atoms with Crippen LogP contribution in [0.4, 0.5) is 5.69 Å². The summed E-state index contributed by atoms with van der Waals surface area (Å²) in [6, 6.07) is 11.2. The standard InChI is InChI=1S/C17H17ClN2O5/c1-19(10-12-4-3-5-14(8-12)24-2)17(21)11-25-16-7-6-13(20(22)23)9-15(16)18/h3-9H,10-11H2,1-2H3. The first-order chi connectivity index (χ1) is 11.9. The lowest BCUT2D eigenvalue weighted by Gasteiger charge is -2.18. The molecule has 0 aliphatic heterocycles. The molecule has 2 aromatic rings. The Labute approximate surface area is 149 Å². The van der Waals surface area contributed by atoms with Crippen LogP contribution in [-0.2, 0) is 11.3 Å². The molecule has 25 heavy (non-hydrogen) atoms. The zero-order valence-corrected chi connectivity index (χ0v) is 14.5. The number of likely N-dealkylation sites (N-methyl/N-ethyl adjacent to an activating group) is 1. The summed E-state index contributed by atoms with van der Waals surface area (Å²) >= 11 is 5.93. The van der Waals surface area contributed by atoms with Gasteiger partial charge in [-0.2, -0.15) is 0 Å². The second kappa shape index (κ2) is 8.34. The number of carbonyl (C=O) groups is 1. The van der Waals surface area contributed by atoms with E-state index in [1.54, 1.807) is 14.2 Å². The summed E-state index contributed by atoms with van der Waals surface area (Å²) in [5.74, 6) is 0.680. The summed E-state index contributed by atoms with van der Waals surface area (Å²) < 4.78 is 10.5. The molecule has 8 heteroatoms. The highest BCUT2D eigenvalue weighted by atomic mass is 35.5. The van der Waals surface area contributed by atoms with Gasteiger partial charge in [0, 0.05) is 25.7 Å². The van der Waals surface area contributed by atoms with Gasteiger partial charge < -0.3 is 14.4 Å². The zero-order chi connectivity index (χ0) is 18.4. The number of methoxy groups -OCH3 is 1. The van der Waals surface area contributed by atoms with E-state index in [0.29, 0.717) is 12.3 Å². The van der Waals surface area contributed by atoms with E-state index in [1.807, 2.05) is 24.3 Å². The van der Waals surface area contributed by atoms with Crippen molar-refractivity contribution in [1.29, 1.82) is 0 Å². The number of nitrogens with zero attached hydrogens (tertiary/aromatic N) is 2. The van der Waals surface area contributed by atoms with Crippen molar-refractivity contribution in [3.05, 3.63) is 63.2 Å². The van der Waals surface area contributed by atoms with E-state index < -0.39 is 4.92 Å². The fourth-order valence-electron chi connectivity index (χ4n) is 2.10. The summed E-state index contributed by atoms with van der Waals surface area (Å²) in [5.41, 5.74) is 0.780. The normalized spacial score (nSPS) is 10.2. The maximum atomic E-state index is 12.2. The van der Waals surface area contributed by atoms with Crippen LogP contribution in [0, 0.1) is 10.1 Å². The molecule has 0 saturated carbocycles. The van der Waals surface area contributed by atoms with Crippen LogP contribution in [0.1, 0.15) is 5.56 Å². The van der Waals surface area contributed by atoms with Crippen molar-refractivity contribution in [2.75, 3.05) is 20.8 Å². The maximum Gasteiger partial charge on any atom is 0.271 e. The van der Waals surface area contributed by atoms with Crippen LogP contribution in [-0.4, -0.2) is 36.5 Å². The Kier molecular flexibility index (Phi) is 6.19. The summed E-state index contributed by atoms with van der Waals surface area (Å²) in [6.07, 6.45) is 0. The number of non-ortho nitro benzene ring substituents is 1. The Morgan fingerprint density at radius 1 is 1.28 bits per heavy atom. The minimum atomic E-state index is -0.553. The van der Waals surface area contributed by atoms with E-state index >= 15 is 0 Å². The smallest absolute Gasteiger partial charge is 0.271 e. The molecule has 0 radical (unpaired) electrons. The fourth-order valence-corrected chi connectivity index (χ4v) is 2.33. The van der Waals surface area contributed by atoms with Crippen molar-refractivity contribution in [2.24, 2.45) is 0 Å². The fraction of sp³-hybridized carbons (Fsp3) is 0.235. The van der Waals surface area contributed by atoms with Gasteiger partial charge in [-0.15, -0.1) is 0 Å².